The fourth-order valence-corrected chi connectivity index (χ4v) is 2.54. The highest BCUT2D eigenvalue weighted by atomic mass is 16.5. The van der Waals surface area contributed by atoms with Crippen molar-refractivity contribution in [3.63, 3.8) is 0 Å². The Morgan fingerprint density at radius 1 is 1.36 bits per heavy atom. The minimum Gasteiger partial charge on any atom is -0.477 e. The van der Waals surface area contributed by atoms with Crippen LogP contribution in [0.2, 0.25) is 0 Å². The summed E-state index contributed by atoms with van der Waals surface area (Å²) in [7, 11) is 1.32. The highest BCUT2D eigenvalue weighted by Crippen LogP contribution is 2.32. The fraction of sp³-hybridized carbons (Fsp3) is 0.412. The molecule has 1 heterocycles. The Hall–Kier alpha value is -2.30. The molecule has 0 spiro atoms. The molecule has 1 unspecified atom stereocenters. The summed E-state index contributed by atoms with van der Waals surface area (Å²) >= 11 is 0. The fourth-order valence-electron chi connectivity index (χ4n) is 2.54. The smallest absolute Gasteiger partial charge is 0.331 e. The molecule has 118 valence electrons. The van der Waals surface area contributed by atoms with Crippen molar-refractivity contribution in [2.75, 3.05) is 13.8 Å². The summed E-state index contributed by atoms with van der Waals surface area (Å²) in [5.74, 6) is -0.0978. The first-order valence-electron chi connectivity index (χ1n) is 7.25. The van der Waals surface area contributed by atoms with Crippen molar-refractivity contribution in [2.45, 2.75) is 32.7 Å². The average molecular weight is 303 g/mol. The maximum absolute atomic E-state index is 12.9. The largest absolute Gasteiger partial charge is 0.477 e. The van der Waals surface area contributed by atoms with Crippen LogP contribution in [0.5, 0.6) is 0 Å². The number of rotatable bonds is 4. The monoisotopic (exact) mass is 303 g/mol. The first-order valence-corrected chi connectivity index (χ1v) is 7.25. The van der Waals surface area contributed by atoms with Gasteiger partial charge in [-0.25, -0.2) is 4.79 Å². The Bertz CT molecular complexity index is 608. The van der Waals surface area contributed by atoms with E-state index in [1.165, 1.54) is 12.0 Å². The Balaban J connectivity index is 2.44. The van der Waals surface area contributed by atoms with Crippen LogP contribution < -0.4 is 0 Å². The van der Waals surface area contributed by atoms with Crippen LogP contribution >= 0.6 is 0 Å². The molecule has 5 nitrogen and oxygen atoms in total. The van der Waals surface area contributed by atoms with Gasteiger partial charge in [-0.1, -0.05) is 37.3 Å². The van der Waals surface area contributed by atoms with Crippen LogP contribution in [-0.2, 0) is 19.1 Å². The molecule has 1 amide bonds. The minimum absolute atomic E-state index is 0.0421. The van der Waals surface area contributed by atoms with Crippen molar-refractivity contribution < 1.29 is 19.1 Å². The van der Waals surface area contributed by atoms with Gasteiger partial charge in [0.1, 0.15) is 11.3 Å². The van der Waals surface area contributed by atoms with Crippen LogP contribution in [0.1, 0.15) is 32.8 Å². The number of carbonyl (C=O) groups excluding carboxylic acids is 2. The second-order valence-electron chi connectivity index (χ2n) is 5.42. The van der Waals surface area contributed by atoms with Gasteiger partial charge in [-0.05, 0) is 25.8 Å². The number of ether oxygens (including phenoxy) is 2. The summed E-state index contributed by atoms with van der Waals surface area (Å²) < 4.78 is 10.5. The van der Waals surface area contributed by atoms with Gasteiger partial charge < -0.3 is 9.47 Å². The first-order chi connectivity index (χ1) is 10.5. The van der Waals surface area contributed by atoms with Crippen molar-refractivity contribution in [3.8, 4) is 0 Å². The Labute approximate surface area is 130 Å². The molecule has 0 saturated carbocycles. The number of esters is 1. The third-order valence-electron chi connectivity index (χ3n) is 4.19. The molecule has 0 bridgehead atoms. The molecule has 1 aliphatic heterocycles. The van der Waals surface area contributed by atoms with Gasteiger partial charge in [0.15, 0.2) is 6.73 Å². The highest BCUT2D eigenvalue weighted by Gasteiger charge is 2.45. The quantitative estimate of drug-likeness (QED) is 0.802. The lowest BCUT2D eigenvalue weighted by Gasteiger charge is -2.41. The van der Waals surface area contributed by atoms with Gasteiger partial charge >= 0.3 is 5.97 Å². The summed E-state index contributed by atoms with van der Waals surface area (Å²) in [6.45, 7) is 5.35. The van der Waals surface area contributed by atoms with Gasteiger partial charge in [-0.2, -0.15) is 0 Å². The van der Waals surface area contributed by atoms with E-state index in [9.17, 15) is 9.59 Å². The lowest BCUT2D eigenvalue weighted by atomic mass is 9.93. The Kier molecular flexibility index (Phi) is 4.54. The molecule has 0 aromatic heterocycles. The summed E-state index contributed by atoms with van der Waals surface area (Å²) in [6.07, 6.45) is 0.440. The minimum atomic E-state index is -1.05. The van der Waals surface area contributed by atoms with Crippen molar-refractivity contribution in [1.29, 1.82) is 0 Å². The topological polar surface area (TPSA) is 55.8 Å². The third-order valence-corrected chi connectivity index (χ3v) is 4.19. The van der Waals surface area contributed by atoms with E-state index in [1.807, 2.05) is 37.3 Å². The van der Waals surface area contributed by atoms with Crippen molar-refractivity contribution in [1.82, 2.24) is 4.90 Å². The van der Waals surface area contributed by atoms with Gasteiger partial charge in [0, 0.05) is 0 Å². The lowest BCUT2D eigenvalue weighted by molar-refractivity contribution is -0.165. The van der Waals surface area contributed by atoms with Gasteiger partial charge in [0.25, 0.3) is 5.91 Å². The van der Waals surface area contributed by atoms with Gasteiger partial charge in [0.05, 0.1) is 12.7 Å². The zero-order valence-electron chi connectivity index (χ0n) is 13.4. The summed E-state index contributed by atoms with van der Waals surface area (Å²) in [5, 5.41) is 0. The molecular formula is C17H21NO4. The van der Waals surface area contributed by atoms with Gasteiger partial charge in [0.2, 0.25) is 0 Å². The average Bonchev–Trinajstić information content (AvgIpc) is 2.54. The van der Waals surface area contributed by atoms with E-state index < -0.39 is 11.5 Å². The van der Waals surface area contributed by atoms with E-state index in [0.717, 1.165) is 5.56 Å². The Morgan fingerprint density at radius 3 is 2.55 bits per heavy atom. The molecule has 0 radical (unpaired) electrons. The van der Waals surface area contributed by atoms with E-state index in [0.29, 0.717) is 17.8 Å². The molecule has 5 heteroatoms. The van der Waals surface area contributed by atoms with E-state index in [2.05, 4.69) is 0 Å². The maximum atomic E-state index is 12.9. The molecule has 1 aromatic rings. The molecule has 1 aliphatic rings. The van der Waals surface area contributed by atoms with Crippen LogP contribution in [0.25, 0.3) is 5.57 Å². The molecular weight excluding hydrogens is 282 g/mol. The lowest BCUT2D eigenvalue weighted by Crippen LogP contribution is -2.57. The van der Waals surface area contributed by atoms with Gasteiger partial charge in [-0.3, -0.25) is 9.69 Å². The SMILES string of the molecule is CCC(C)(C(=O)OC)N1COC(C)=C(c2ccccc2)C1=O. The molecule has 0 fully saturated rings. The second-order valence-corrected chi connectivity index (χ2v) is 5.42. The molecule has 0 N–H and O–H groups in total. The van der Waals surface area contributed by atoms with E-state index >= 15 is 0 Å². The normalized spacial score (nSPS) is 17.8. The zero-order chi connectivity index (χ0) is 16.3. The summed E-state index contributed by atoms with van der Waals surface area (Å²) in [4.78, 5) is 26.5. The van der Waals surface area contributed by atoms with E-state index in [1.54, 1.807) is 13.8 Å². The predicted octanol–water partition coefficient (Wildman–Crippen LogP) is 2.58. The molecule has 22 heavy (non-hydrogen) atoms. The van der Waals surface area contributed by atoms with Gasteiger partial charge in [-0.15, -0.1) is 0 Å². The standard InChI is InChI=1S/C17H21NO4/c1-5-17(3,16(20)21-4)18-11-22-12(2)14(15(18)19)13-9-7-6-8-10-13/h6-10H,5,11H2,1-4H3. The van der Waals surface area contributed by atoms with Crippen LogP contribution in [0.3, 0.4) is 0 Å². The number of carbonyl (C=O) groups is 2. The molecule has 1 atom stereocenters. The van der Waals surface area contributed by atoms with E-state index in [-0.39, 0.29) is 12.6 Å². The number of amides is 1. The van der Waals surface area contributed by atoms with Crippen LogP contribution in [0.4, 0.5) is 0 Å². The van der Waals surface area contributed by atoms with Crippen LogP contribution in [-0.4, -0.2) is 36.2 Å². The maximum Gasteiger partial charge on any atom is 0.331 e. The molecule has 0 saturated heterocycles. The number of nitrogens with zero attached hydrogens (tertiary/aromatic N) is 1. The first kappa shape index (κ1) is 16.1. The summed E-state index contributed by atoms with van der Waals surface area (Å²) in [6, 6.07) is 9.31. The number of allylic oxidation sites excluding steroid dienone is 1. The number of benzene rings is 1. The summed E-state index contributed by atoms with van der Waals surface area (Å²) in [5.41, 5.74) is 0.209. The molecule has 1 aromatic carbocycles. The second kappa shape index (κ2) is 6.22. The highest BCUT2D eigenvalue weighted by molar-refractivity contribution is 6.21. The predicted molar refractivity (Wildman–Crippen MR) is 82.5 cm³/mol. The number of methoxy groups -OCH3 is 1. The van der Waals surface area contributed by atoms with Crippen LogP contribution in [0, 0.1) is 0 Å². The van der Waals surface area contributed by atoms with Crippen molar-refractivity contribution in [3.05, 3.63) is 41.7 Å². The zero-order valence-corrected chi connectivity index (χ0v) is 13.4. The molecule has 2 rings (SSSR count). The number of hydrogen-bond donors (Lipinski definition) is 0. The van der Waals surface area contributed by atoms with E-state index in [4.69, 9.17) is 9.47 Å². The Morgan fingerprint density at radius 2 is 2.00 bits per heavy atom. The van der Waals surface area contributed by atoms with Crippen molar-refractivity contribution in [2.24, 2.45) is 0 Å². The third kappa shape index (κ3) is 2.58. The molecule has 0 aliphatic carbocycles. The van der Waals surface area contributed by atoms with Crippen LogP contribution in [0.15, 0.2) is 36.1 Å². The number of hydrogen-bond acceptors (Lipinski definition) is 4. The van der Waals surface area contributed by atoms with Crippen molar-refractivity contribution >= 4 is 17.4 Å².